The fourth-order valence-corrected chi connectivity index (χ4v) is 4.56. The number of benzene rings is 4. The fourth-order valence-electron chi connectivity index (χ4n) is 3.78. The van der Waals surface area contributed by atoms with Crippen molar-refractivity contribution in [1.29, 1.82) is 0 Å². The van der Waals surface area contributed by atoms with Gasteiger partial charge in [-0.1, -0.05) is 60.7 Å². The van der Waals surface area contributed by atoms with Crippen LogP contribution in [0.2, 0.25) is 0 Å². The molecule has 0 atom stereocenters. The standard InChI is InChI=1S/C30H23O12P.Na/c31-27(32)17-39-25-15-21(11-13-23(25)29(35)19-7-3-1-4-8-19)41-43(37,38)42-22-12-14-24(26(16-22)40-18-28(33)34)30(36)20-9-5-2-6-10-20;/h1-16H,17-18H2,(H,31,32)(H,33,34)(H,37,38);/q;+1/p-1. The molecule has 0 aromatic heterocycles. The van der Waals surface area contributed by atoms with Crippen molar-refractivity contribution < 1.29 is 86.9 Å². The third-order valence-corrected chi connectivity index (χ3v) is 6.47. The number of carbonyl (C=O) groups excluding carboxylic acids is 2. The number of carbonyl (C=O) groups is 4. The van der Waals surface area contributed by atoms with Gasteiger partial charge in [-0.25, -0.2) is 14.2 Å². The number of phosphoric acid groups is 1. The number of hydrogen-bond donors (Lipinski definition) is 2. The fraction of sp³-hybridized carbons (Fsp3) is 0.0667. The van der Waals surface area contributed by atoms with Crippen LogP contribution in [0, 0.1) is 0 Å². The Balaban J connectivity index is 0.00000529. The molecule has 220 valence electrons. The first kappa shape index (κ1) is 34.0. The van der Waals surface area contributed by atoms with Crippen LogP contribution >= 0.6 is 7.82 Å². The van der Waals surface area contributed by atoms with Crippen LogP contribution in [0.15, 0.2) is 97.1 Å². The largest absolute Gasteiger partial charge is 1.00 e. The number of ketones is 2. The Morgan fingerprint density at radius 2 is 0.977 bits per heavy atom. The number of ether oxygens (including phenoxy) is 2. The molecule has 4 rings (SSSR count). The van der Waals surface area contributed by atoms with Crippen molar-refractivity contribution in [1.82, 2.24) is 0 Å². The van der Waals surface area contributed by atoms with E-state index in [-0.39, 0.29) is 74.8 Å². The van der Waals surface area contributed by atoms with E-state index >= 15 is 0 Å². The number of carboxylic acid groups (broad SMARTS) is 2. The van der Waals surface area contributed by atoms with Gasteiger partial charge in [0.1, 0.15) is 23.0 Å². The number of phosphoric ester groups is 1. The van der Waals surface area contributed by atoms with Gasteiger partial charge in [0.15, 0.2) is 24.8 Å². The molecule has 0 spiro atoms. The molecule has 0 radical (unpaired) electrons. The van der Waals surface area contributed by atoms with Crippen LogP contribution in [-0.2, 0) is 14.2 Å². The van der Waals surface area contributed by atoms with Gasteiger partial charge < -0.3 is 33.6 Å². The zero-order valence-corrected chi connectivity index (χ0v) is 26.0. The van der Waals surface area contributed by atoms with Crippen LogP contribution in [0.5, 0.6) is 23.0 Å². The first-order valence-electron chi connectivity index (χ1n) is 12.4. The van der Waals surface area contributed by atoms with E-state index in [0.717, 1.165) is 24.3 Å². The summed E-state index contributed by atoms with van der Waals surface area (Å²) in [4.78, 5) is 60.9. The van der Waals surface area contributed by atoms with E-state index in [1.165, 1.54) is 12.1 Å². The normalized spacial score (nSPS) is 10.6. The van der Waals surface area contributed by atoms with E-state index in [9.17, 15) is 28.6 Å². The molecule has 0 aliphatic carbocycles. The Labute approximate surface area is 272 Å². The first-order chi connectivity index (χ1) is 20.5. The van der Waals surface area contributed by atoms with Crippen molar-refractivity contribution in [2.45, 2.75) is 0 Å². The van der Waals surface area contributed by atoms with Gasteiger partial charge in [0.25, 0.3) is 0 Å². The van der Waals surface area contributed by atoms with Gasteiger partial charge in [-0.05, 0) is 24.3 Å². The van der Waals surface area contributed by atoms with E-state index in [4.69, 9.17) is 28.7 Å². The average molecular weight is 628 g/mol. The molecule has 0 aliphatic heterocycles. The summed E-state index contributed by atoms with van der Waals surface area (Å²) in [6.45, 7) is -1.64. The minimum Gasteiger partial charge on any atom is -0.736 e. The molecular formula is C30H22NaO12P. The number of carboxylic acids is 2. The summed E-state index contributed by atoms with van der Waals surface area (Å²) < 4.78 is 33.3. The molecule has 4 aromatic rings. The molecule has 14 heteroatoms. The Kier molecular flexibility index (Phi) is 11.9. The summed E-state index contributed by atoms with van der Waals surface area (Å²) in [6, 6.07) is 22.9. The summed E-state index contributed by atoms with van der Waals surface area (Å²) in [7, 11) is -5.21. The second kappa shape index (κ2) is 15.3. The van der Waals surface area contributed by atoms with Gasteiger partial charge in [-0.2, -0.15) is 0 Å². The molecule has 0 unspecified atom stereocenters. The molecule has 2 N–H and O–H groups in total. The molecule has 0 saturated carbocycles. The smallest absolute Gasteiger partial charge is 0.736 e. The molecule has 0 saturated heterocycles. The third-order valence-electron chi connectivity index (χ3n) is 5.60. The Bertz CT molecular complexity index is 1590. The van der Waals surface area contributed by atoms with Gasteiger partial charge >= 0.3 is 49.3 Å². The number of hydrogen-bond acceptors (Lipinski definition) is 10. The Hall–Kier alpha value is -4.45. The molecule has 0 amide bonds. The minimum atomic E-state index is -5.21. The quantitative estimate of drug-likeness (QED) is 0.115. The summed E-state index contributed by atoms with van der Waals surface area (Å²) >= 11 is 0. The zero-order chi connectivity index (χ0) is 31.0. The minimum absolute atomic E-state index is 0. The van der Waals surface area contributed by atoms with Crippen molar-refractivity contribution in [2.24, 2.45) is 0 Å². The van der Waals surface area contributed by atoms with Gasteiger partial charge in [-0.3, -0.25) is 9.59 Å². The maximum Gasteiger partial charge on any atom is 1.00 e. The molecule has 0 heterocycles. The Morgan fingerprint density at radius 3 is 1.32 bits per heavy atom. The summed E-state index contributed by atoms with van der Waals surface area (Å²) in [6.07, 6.45) is 0. The van der Waals surface area contributed by atoms with Gasteiger partial charge in [-0.15, -0.1) is 0 Å². The van der Waals surface area contributed by atoms with Crippen LogP contribution in [0.1, 0.15) is 31.8 Å². The van der Waals surface area contributed by atoms with Crippen molar-refractivity contribution in [3.8, 4) is 23.0 Å². The van der Waals surface area contributed by atoms with Crippen molar-refractivity contribution >= 4 is 31.3 Å². The second-order valence-corrected chi connectivity index (χ2v) is 9.96. The second-order valence-electron chi connectivity index (χ2n) is 8.70. The van der Waals surface area contributed by atoms with Crippen molar-refractivity contribution in [3.63, 3.8) is 0 Å². The molecule has 0 fully saturated rings. The van der Waals surface area contributed by atoms with Crippen LogP contribution in [0.25, 0.3) is 0 Å². The van der Waals surface area contributed by atoms with E-state index in [0.29, 0.717) is 0 Å². The van der Waals surface area contributed by atoms with Crippen molar-refractivity contribution in [2.75, 3.05) is 13.2 Å². The molecule has 12 nitrogen and oxygen atoms in total. The van der Waals surface area contributed by atoms with Crippen LogP contribution in [-0.4, -0.2) is 46.9 Å². The molecular weight excluding hydrogens is 606 g/mol. The zero-order valence-electron chi connectivity index (χ0n) is 23.1. The van der Waals surface area contributed by atoms with Gasteiger partial charge in [0.2, 0.25) is 0 Å². The summed E-state index contributed by atoms with van der Waals surface area (Å²) in [5.41, 5.74) is 0.481. The number of rotatable bonds is 14. The monoisotopic (exact) mass is 628 g/mol. The van der Waals surface area contributed by atoms with E-state index in [2.05, 4.69) is 0 Å². The molecule has 0 bridgehead atoms. The number of aliphatic carboxylic acids is 2. The molecule has 0 aliphatic rings. The maximum absolute atomic E-state index is 13.0. The van der Waals surface area contributed by atoms with E-state index < -0.39 is 44.5 Å². The van der Waals surface area contributed by atoms with Crippen LogP contribution in [0.3, 0.4) is 0 Å². The van der Waals surface area contributed by atoms with E-state index in [1.807, 2.05) is 0 Å². The topological polar surface area (TPSA) is 186 Å². The SMILES string of the molecule is O=C(O)COc1cc(OP(=O)([O-])Oc2ccc(C(=O)c3ccccc3)c(OCC(=O)O)c2)ccc1C(=O)c1ccccc1.[Na+]. The van der Waals surface area contributed by atoms with Crippen LogP contribution < -0.4 is 53.0 Å². The predicted octanol–water partition coefficient (Wildman–Crippen LogP) is 1.01. The average Bonchev–Trinajstić information content (AvgIpc) is 2.99. The Morgan fingerprint density at radius 1 is 0.614 bits per heavy atom. The predicted molar refractivity (Wildman–Crippen MR) is 148 cm³/mol. The van der Waals surface area contributed by atoms with Gasteiger partial charge in [0.05, 0.1) is 11.1 Å². The summed E-state index contributed by atoms with van der Waals surface area (Å²) in [5, 5.41) is 18.1. The first-order valence-corrected chi connectivity index (χ1v) is 13.9. The maximum atomic E-state index is 13.0. The molecule has 4 aromatic carbocycles. The van der Waals surface area contributed by atoms with Crippen molar-refractivity contribution in [3.05, 3.63) is 119 Å². The van der Waals surface area contributed by atoms with E-state index in [1.54, 1.807) is 60.7 Å². The van der Waals surface area contributed by atoms with Gasteiger partial charge in [0, 0.05) is 23.3 Å². The van der Waals surface area contributed by atoms with Crippen LogP contribution in [0.4, 0.5) is 0 Å². The molecule has 44 heavy (non-hydrogen) atoms. The summed E-state index contributed by atoms with van der Waals surface area (Å²) in [5.74, 6) is -4.90. The third kappa shape index (κ3) is 9.27.